The van der Waals surface area contributed by atoms with Crippen molar-refractivity contribution in [1.29, 1.82) is 0 Å². The Balaban J connectivity index is 0.00000220. The van der Waals surface area contributed by atoms with Crippen LogP contribution in [0.4, 0.5) is 0 Å². The maximum Gasteiger partial charge on any atom is 0.273 e. The number of nitrogens with two attached hydrogens (primary N) is 1. The SMILES string of the molecule is CN(C(=O)c1csc(CCN)n1)C1CCCCCCC1.Cl. The van der Waals surface area contributed by atoms with Crippen molar-refractivity contribution in [1.82, 2.24) is 9.88 Å². The predicted octanol–water partition coefficient (Wildman–Crippen LogP) is 3.25. The van der Waals surface area contributed by atoms with Crippen LogP contribution < -0.4 is 5.73 Å². The molecule has 120 valence electrons. The monoisotopic (exact) mass is 331 g/mol. The van der Waals surface area contributed by atoms with Gasteiger partial charge < -0.3 is 10.6 Å². The van der Waals surface area contributed by atoms with Crippen molar-refractivity contribution in [2.75, 3.05) is 13.6 Å². The third kappa shape index (κ3) is 5.24. The van der Waals surface area contributed by atoms with Crippen LogP contribution in [0.5, 0.6) is 0 Å². The van der Waals surface area contributed by atoms with Gasteiger partial charge in [0.1, 0.15) is 5.69 Å². The molecule has 2 rings (SSSR count). The predicted molar refractivity (Wildman–Crippen MR) is 90.3 cm³/mol. The first-order valence-electron chi connectivity index (χ1n) is 7.64. The van der Waals surface area contributed by atoms with Gasteiger partial charge >= 0.3 is 0 Å². The number of halogens is 1. The van der Waals surface area contributed by atoms with E-state index >= 15 is 0 Å². The van der Waals surface area contributed by atoms with Crippen molar-refractivity contribution in [2.24, 2.45) is 5.73 Å². The topological polar surface area (TPSA) is 59.2 Å². The second-order valence-corrected chi connectivity index (χ2v) is 6.52. The van der Waals surface area contributed by atoms with Crippen LogP contribution in [0.25, 0.3) is 0 Å². The molecule has 0 spiro atoms. The molecule has 1 fully saturated rings. The largest absolute Gasteiger partial charge is 0.337 e. The number of rotatable bonds is 4. The van der Waals surface area contributed by atoms with Crippen LogP contribution in [0.15, 0.2) is 5.38 Å². The van der Waals surface area contributed by atoms with Gasteiger partial charge in [0.25, 0.3) is 5.91 Å². The van der Waals surface area contributed by atoms with Gasteiger partial charge in [0.15, 0.2) is 0 Å². The molecule has 1 aliphatic rings. The zero-order valence-corrected chi connectivity index (χ0v) is 14.3. The highest BCUT2D eigenvalue weighted by molar-refractivity contribution is 7.09. The van der Waals surface area contributed by atoms with E-state index in [1.807, 2.05) is 17.3 Å². The summed E-state index contributed by atoms with van der Waals surface area (Å²) in [5.41, 5.74) is 6.11. The summed E-state index contributed by atoms with van der Waals surface area (Å²) in [4.78, 5) is 18.8. The van der Waals surface area contributed by atoms with Crippen molar-refractivity contribution in [3.63, 3.8) is 0 Å². The van der Waals surface area contributed by atoms with Crippen molar-refractivity contribution in [2.45, 2.75) is 57.4 Å². The fraction of sp³-hybridized carbons (Fsp3) is 0.733. The summed E-state index contributed by atoms with van der Waals surface area (Å²) in [6.45, 7) is 0.583. The molecule has 1 saturated carbocycles. The number of hydrogen-bond acceptors (Lipinski definition) is 4. The van der Waals surface area contributed by atoms with E-state index in [2.05, 4.69) is 4.98 Å². The Morgan fingerprint density at radius 2 is 1.95 bits per heavy atom. The van der Waals surface area contributed by atoms with E-state index in [0.717, 1.165) is 24.3 Å². The molecule has 21 heavy (non-hydrogen) atoms. The summed E-state index contributed by atoms with van der Waals surface area (Å²) in [6, 6.07) is 0.377. The molecule has 1 aromatic heterocycles. The highest BCUT2D eigenvalue weighted by Crippen LogP contribution is 2.22. The third-order valence-corrected chi connectivity index (χ3v) is 4.98. The number of carbonyl (C=O) groups excluding carboxylic acids is 1. The Morgan fingerprint density at radius 1 is 1.33 bits per heavy atom. The lowest BCUT2D eigenvalue weighted by atomic mass is 9.96. The van der Waals surface area contributed by atoms with Crippen LogP contribution >= 0.6 is 23.7 Å². The summed E-state index contributed by atoms with van der Waals surface area (Å²) in [5.74, 6) is 0.0649. The van der Waals surface area contributed by atoms with Crippen LogP contribution in [0.1, 0.15) is 60.4 Å². The first kappa shape index (κ1) is 18.4. The number of aromatic nitrogens is 1. The number of thiazole rings is 1. The van der Waals surface area contributed by atoms with Gasteiger partial charge in [0.05, 0.1) is 5.01 Å². The molecular weight excluding hydrogens is 306 g/mol. The summed E-state index contributed by atoms with van der Waals surface area (Å²) in [5, 5.41) is 2.83. The van der Waals surface area contributed by atoms with Crippen LogP contribution in [0, 0.1) is 0 Å². The Hall–Kier alpha value is -0.650. The minimum atomic E-state index is 0. The van der Waals surface area contributed by atoms with Gasteiger partial charge in [-0.15, -0.1) is 23.7 Å². The first-order valence-corrected chi connectivity index (χ1v) is 8.52. The first-order chi connectivity index (χ1) is 9.72. The molecule has 0 unspecified atom stereocenters. The van der Waals surface area contributed by atoms with Gasteiger partial charge in [-0.2, -0.15) is 0 Å². The zero-order valence-electron chi connectivity index (χ0n) is 12.7. The minimum absolute atomic E-state index is 0. The Morgan fingerprint density at radius 3 is 2.57 bits per heavy atom. The average Bonchev–Trinajstić information content (AvgIpc) is 2.86. The molecule has 0 aliphatic heterocycles. The normalized spacial score (nSPS) is 16.7. The lowest BCUT2D eigenvalue weighted by Gasteiger charge is -2.29. The van der Waals surface area contributed by atoms with Crippen molar-refractivity contribution >= 4 is 29.7 Å². The Bertz CT molecular complexity index is 430. The molecule has 0 saturated heterocycles. The molecule has 1 aliphatic carbocycles. The second kappa shape index (κ2) is 9.38. The van der Waals surface area contributed by atoms with E-state index in [-0.39, 0.29) is 18.3 Å². The zero-order chi connectivity index (χ0) is 14.4. The quantitative estimate of drug-likeness (QED) is 0.921. The van der Waals surface area contributed by atoms with E-state index < -0.39 is 0 Å². The molecule has 1 heterocycles. The molecule has 1 aromatic rings. The Labute approximate surface area is 137 Å². The fourth-order valence-electron chi connectivity index (χ4n) is 2.82. The third-order valence-electron chi connectivity index (χ3n) is 4.07. The Kier molecular flexibility index (Phi) is 8.22. The number of nitrogens with zero attached hydrogens (tertiary/aromatic N) is 2. The number of carbonyl (C=O) groups is 1. The molecule has 0 atom stereocenters. The maximum atomic E-state index is 12.5. The van der Waals surface area contributed by atoms with Gasteiger partial charge in [-0.05, 0) is 19.4 Å². The van der Waals surface area contributed by atoms with Crippen molar-refractivity contribution < 1.29 is 4.79 Å². The lowest BCUT2D eigenvalue weighted by Crippen LogP contribution is -2.37. The number of amides is 1. The average molecular weight is 332 g/mol. The molecule has 0 radical (unpaired) electrons. The van der Waals surface area contributed by atoms with Gasteiger partial charge in [0.2, 0.25) is 0 Å². The number of hydrogen-bond donors (Lipinski definition) is 1. The van der Waals surface area contributed by atoms with Gasteiger partial charge in [-0.1, -0.05) is 32.1 Å². The van der Waals surface area contributed by atoms with Gasteiger partial charge in [0, 0.05) is 24.9 Å². The van der Waals surface area contributed by atoms with Crippen LogP contribution in [0.2, 0.25) is 0 Å². The molecule has 6 heteroatoms. The maximum absolute atomic E-state index is 12.5. The van der Waals surface area contributed by atoms with E-state index in [1.165, 1.54) is 43.4 Å². The summed E-state index contributed by atoms with van der Waals surface area (Å²) < 4.78 is 0. The molecular formula is C15H26ClN3OS. The van der Waals surface area contributed by atoms with E-state index in [1.54, 1.807) is 0 Å². The fourth-order valence-corrected chi connectivity index (χ4v) is 3.60. The molecule has 0 aromatic carbocycles. The van der Waals surface area contributed by atoms with Crippen molar-refractivity contribution in [3.05, 3.63) is 16.1 Å². The highest BCUT2D eigenvalue weighted by Gasteiger charge is 2.23. The van der Waals surface area contributed by atoms with Crippen molar-refractivity contribution in [3.8, 4) is 0 Å². The second-order valence-electron chi connectivity index (χ2n) is 5.58. The smallest absolute Gasteiger partial charge is 0.273 e. The highest BCUT2D eigenvalue weighted by atomic mass is 35.5. The molecule has 2 N–H and O–H groups in total. The van der Waals surface area contributed by atoms with E-state index in [0.29, 0.717) is 18.3 Å². The minimum Gasteiger partial charge on any atom is -0.337 e. The molecule has 4 nitrogen and oxygen atoms in total. The summed E-state index contributed by atoms with van der Waals surface area (Å²) in [7, 11) is 1.93. The van der Waals surface area contributed by atoms with Crippen LogP contribution in [-0.4, -0.2) is 35.4 Å². The standard InChI is InChI=1S/C15H25N3OS.ClH/c1-18(12-7-5-3-2-4-6-8-12)15(19)13-11-20-14(17-13)9-10-16;/h11-12H,2-10,16H2,1H3;1H. The molecule has 0 bridgehead atoms. The lowest BCUT2D eigenvalue weighted by molar-refractivity contribution is 0.0701. The van der Waals surface area contributed by atoms with Crippen LogP contribution in [0.3, 0.4) is 0 Å². The summed E-state index contributed by atoms with van der Waals surface area (Å²) >= 11 is 1.54. The van der Waals surface area contributed by atoms with E-state index in [4.69, 9.17) is 5.73 Å². The van der Waals surface area contributed by atoms with Gasteiger partial charge in [-0.3, -0.25) is 4.79 Å². The van der Waals surface area contributed by atoms with Gasteiger partial charge in [-0.25, -0.2) is 4.98 Å². The molecule has 1 amide bonds. The summed E-state index contributed by atoms with van der Waals surface area (Å²) in [6.07, 6.45) is 9.43. The van der Waals surface area contributed by atoms with Crippen LogP contribution in [-0.2, 0) is 6.42 Å². The van der Waals surface area contributed by atoms with E-state index in [9.17, 15) is 4.79 Å².